The van der Waals surface area contributed by atoms with Crippen LogP contribution in [0.4, 0.5) is 0 Å². The van der Waals surface area contributed by atoms with Crippen LogP contribution >= 0.6 is 0 Å². The lowest BCUT2D eigenvalue weighted by molar-refractivity contribution is -0.158. The molecule has 0 radical (unpaired) electrons. The van der Waals surface area contributed by atoms with Gasteiger partial charge in [-0.1, -0.05) is 26.7 Å². The summed E-state index contributed by atoms with van der Waals surface area (Å²) in [4.78, 5) is 21.2. The van der Waals surface area contributed by atoms with Gasteiger partial charge >= 0.3 is 11.9 Å². The molecular formula is C10H18O3. The number of hydrogen-bond acceptors (Lipinski definition) is 3. The minimum absolute atomic E-state index is 0.351. The number of ether oxygens (including phenoxy) is 1. The molecular weight excluding hydrogens is 168 g/mol. The van der Waals surface area contributed by atoms with Crippen molar-refractivity contribution in [2.24, 2.45) is 5.92 Å². The van der Waals surface area contributed by atoms with E-state index in [1.54, 1.807) is 0 Å². The first kappa shape index (κ1) is 12.1. The molecule has 76 valence electrons. The van der Waals surface area contributed by atoms with Gasteiger partial charge in [-0.15, -0.1) is 0 Å². The lowest BCUT2D eigenvalue weighted by atomic mass is 10.0. The normalized spacial score (nSPS) is 12.2. The van der Waals surface area contributed by atoms with Gasteiger partial charge in [0.25, 0.3) is 0 Å². The van der Waals surface area contributed by atoms with Crippen LogP contribution in [-0.4, -0.2) is 11.9 Å². The van der Waals surface area contributed by atoms with Gasteiger partial charge in [0.05, 0.1) is 0 Å². The maximum absolute atomic E-state index is 10.9. The molecule has 0 aromatic carbocycles. The zero-order valence-corrected chi connectivity index (χ0v) is 8.63. The van der Waals surface area contributed by atoms with Crippen molar-refractivity contribution in [3.05, 3.63) is 0 Å². The van der Waals surface area contributed by atoms with E-state index >= 15 is 0 Å². The molecule has 0 aliphatic rings. The van der Waals surface area contributed by atoms with Gasteiger partial charge in [-0.3, -0.25) is 9.59 Å². The molecule has 0 aromatic heterocycles. The molecule has 0 N–H and O–H groups in total. The van der Waals surface area contributed by atoms with Crippen molar-refractivity contribution in [3.8, 4) is 0 Å². The third kappa shape index (κ3) is 7.50. The molecule has 0 aliphatic heterocycles. The van der Waals surface area contributed by atoms with Crippen LogP contribution < -0.4 is 0 Å². The highest BCUT2D eigenvalue weighted by Gasteiger charge is 2.06. The lowest BCUT2D eigenvalue weighted by Crippen LogP contribution is -2.08. The second kappa shape index (κ2) is 6.63. The monoisotopic (exact) mass is 186 g/mol. The Balaban J connectivity index is 3.42. The summed E-state index contributed by atoms with van der Waals surface area (Å²) in [5, 5.41) is 0. The van der Waals surface area contributed by atoms with Gasteiger partial charge in [0.2, 0.25) is 0 Å². The Labute approximate surface area is 79.5 Å². The second-order valence-electron chi connectivity index (χ2n) is 3.37. The van der Waals surface area contributed by atoms with Gasteiger partial charge in [-0.2, -0.15) is 0 Å². The quantitative estimate of drug-likeness (QED) is 0.488. The standard InChI is InChI=1S/C10H18O3/c1-4-8(2)6-5-7-10(12)13-9(3)11/h8H,4-7H2,1-3H3. The number of carbonyl (C=O) groups excluding carboxylic acids is 2. The third-order valence-electron chi connectivity index (χ3n) is 2.03. The van der Waals surface area contributed by atoms with Gasteiger partial charge in [0, 0.05) is 13.3 Å². The van der Waals surface area contributed by atoms with E-state index in [1.165, 1.54) is 6.92 Å². The number of rotatable bonds is 5. The molecule has 0 amide bonds. The average Bonchev–Trinajstić information content (AvgIpc) is 2.02. The molecule has 3 heteroatoms. The molecule has 0 bridgehead atoms. The maximum Gasteiger partial charge on any atom is 0.313 e. The fraction of sp³-hybridized carbons (Fsp3) is 0.800. The smallest absolute Gasteiger partial charge is 0.313 e. The maximum atomic E-state index is 10.9. The lowest BCUT2D eigenvalue weighted by Gasteiger charge is -2.06. The third-order valence-corrected chi connectivity index (χ3v) is 2.03. The Bertz CT molecular complexity index is 175. The van der Waals surface area contributed by atoms with E-state index < -0.39 is 11.9 Å². The van der Waals surface area contributed by atoms with E-state index in [1.807, 2.05) is 0 Å². The molecule has 0 heterocycles. The number of carbonyl (C=O) groups is 2. The Morgan fingerprint density at radius 3 is 2.46 bits per heavy atom. The summed E-state index contributed by atoms with van der Waals surface area (Å²) in [6.07, 6.45) is 3.30. The highest BCUT2D eigenvalue weighted by Crippen LogP contribution is 2.11. The molecule has 0 spiro atoms. The van der Waals surface area contributed by atoms with Crippen molar-refractivity contribution in [3.63, 3.8) is 0 Å². The summed E-state index contributed by atoms with van der Waals surface area (Å²) in [5.41, 5.74) is 0. The summed E-state index contributed by atoms with van der Waals surface area (Å²) in [6, 6.07) is 0. The highest BCUT2D eigenvalue weighted by molar-refractivity contribution is 5.83. The molecule has 13 heavy (non-hydrogen) atoms. The minimum Gasteiger partial charge on any atom is -0.393 e. The zero-order valence-electron chi connectivity index (χ0n) is 8.63. The van der Waals surface area contributed by atoms with Gasteiger partial charge in [0.1, 0.15) is 0 Å². The van der Waals surface area contributed by atoms with Crippen LogP contribution in [-0.2, 0) is 14.3 Å². The molecule has 0 aromatic rings. The first-order chi connectivity index (χ1) is 6.06. The van der Waals surface area contributed by atoms with Crippen LogP contribution in [0.2, 0.25) is 0 Å². The van der Waals surface area contributed by atoms with E-state index in [2.05, 4.69) is 18.6 Å². The summed E-state index contributed by atoms with van der Waals surface area (Å²) in [5.74, 6) is -0.283. The molecule has 0 saturated heterocycles. The van der Waals surface area contributed by atoms with Crippen LogP contribution in [0.25, 0.3) is 0 Å². The fourth-order valence-corrected chi connectivity index (χ4v) is 1.01. The highest BCUT2D eigenvalue weighted by atomic mass is 16.6. The van der Waals surface area contributed by atoms with Crippen LogP contribution in [0.3, 0.4) is 0 Å². The van der Waals surface area contributed by atoms with Crippen molar-refractivity contribution in [2.45, 2.75) is 46.5 Å². The molecule has 1 atom stereocenters. The SMILES string of the molecule is CCC(C)CCCC(=O)OC(C)=O. The Hall–Kier alpha value is -0.860. The fourth-order valence-electron chi connectivity index (χ4n) is 1.01. The predicted octanol–water partition coefficient (Wildman–Crippen LogP) is 2.29. The summed E-state index contributed by atoms with van der Waals surface area (Å²) >= 11 is 0. The van der Waals surface area contributed by atoms with Gasteiger partial charge in [-0.05, 0) is 12.3 Å². The molecule has 1 unspecified atom stereocenters. The van der Waals surface area contributed by atoms with Crippen LogP contribution in [0.5, 0.6) is 0 Å². The first-order valence-corrected chi connectivity index (χ1v) is 4.77. The topological polar surface area (TPSA) is 43.4 Å². The van der Waals surface area contributed by atoms with Crippen molar-refractivity contribution >= 4 is 11.9 Å². The van der Waals surface area contributed by atoms with Gasteiger partial charge in [-0.25, -0.2) is 0 Å². The summed E-state index contributed by atoms with van der Waals surface area (Å²) in [6.45, 7) is 5.52. The molecule has 0 fully saturated rings. The van der Waals surface area contributed by atoms with Gasteiger partial charge in [0.15, 0.2) is 0 Å². The van der Waals surface area contributed by atoms with E-state index in [0.29, 0.717) is 12.3 Å². The minimum atomic E-state index is -0.520. The van der Waals surface area contributed by atoms with Crippen LogP contribution in [0.1, 0.15) is 46.5 Å². The molecule has 0 rings (SSSR count). The zero-order chi connectivity index (χ0) is 10.3. The van der Waals surface area contributed by atoms with Crippen molar-refractivity contribution < 1.29 is 14.3 Å². The van der Waals surface area contributed by atoms with Crippen molar-refractivity contribution in [2.75, 3.05) is 0 Å². The van der Waals surface area contributed by atoms with E-state index in [-0.39, 0.29) is 0 Å². The summed E-state index contributed by atoms with van der Waals surface area (Å²) < 4.78 is 4.39. The van der Waals surface area contributed by atoms with Crippen molar-refractivity contribution in [1.29, 1.82) is 0 Å². The second-order valence-corrected chi connectivity index (χ2v) is 3.37. The number of esters is 2. The Kier molecular flexibility index (Phi) is 6.20. The molecule has 3 nitrogen and oxygen atoms in total. The van der Waals surface area contributed by atoms with Gasteiger partial charge < -0.3 is 4.74 Å². The van der Waals surface area contributed by atoms with Crippen LogP contribution in [0.15, 0.2) is 0 Å². The summed E-state index contributed by atoms with van der Waals surface area (Å²) in [7, 11) is 0. The molecule has 0 saturated carbocycles. The van der Waals surface area contributed by atoms with Crippen molar-refractivity contribution in [1.82, 2.24) is 0 Å². The Morgan fingerprint density at radius 1 is 1.38 bits per heavy atom. The number of hydrogen-bond donors (Lipinski definition) is 0. The predicted molar refractivity (Wildman–Crippen MR) is 50.1 cm³/mol. The largest absolute Gasteiger partial charge is 0.393 e. The first-order valence-electron chi connectivity index (χ1n) is 4.77. The van der Waals surface area contributed by atoms with E-state index in [0.717, 1.165) is 19.3 Å². The van der Waals surface area contributed by atoms with E-state index in [9.17, 15) is 9.59 Å². The Morgan fingerprint density at radius 2 is 2.00 bits per heavy atom. The van der Waals surface area contributed by atoms with E-state index in [4.69, 9.17) is 0 Å². The average molecular weight is 186 g/mol. The molecule has 0 aliphatic carbocycles. The van der Waals surface area contributed by atoms with Crippen LogP contribution in [0, 0.1) is 5.92 Å².